The van der Waals surface area contributed by atoms with E-state index in [-0.39, 0.29) is 24.5 Å². The molecule has 1 unspecified atom stereocenters. The third-order valence-electron chi connectivity index (χ3n) is 3.37. The summed E-state index contributed by atoms with van der Waals surface area (Å²) in [6.07, 6.45) is -0.0446. The predicted molar refractivity (Wildman–Crippen MR) is 86.8 cm³/mol. The van der Waals surface area contributed by atoms with E-state index < -0.39 is 17.9 Å². The summed E-state index contributed by atoms with van der Waals surface area (Å²) < 4.78 is 18.1. The molecule has 0 bridgehead atoms. The lowest BCUT2D eigenvalue weighted by atomic mass is 10.0. The van der Waals surface area contributed by atoms with Crippen LogP contribution in [0.4, 0.5) is 4.39 Å². The molecule has 1 aromatic heterocycles. The lowest BCUT2D eigenvalue weighted by Crippen LogP contribution is -2.31. The number of nitrogens with one attached hydrogen (secondary N) is 1. The maximum absolute atomic E-state index is 13.1. The molecule has 1 aromatic carbocycles. The van der Waals surface area contributed by atoms with E-state index in [1.165, 1.54) is 24.3 Å². The van der Waals surface area contributed by atoms with E-state index in [1.807, 2.05) is 0 Å². The third kappa shape index (κ3) is 4.87. The van der Waals surface area contributed by atoms with Gasteiger partial charge in [0.2, 0.25) is 0 Å². The summed E-state index contributed by atoms with van der Waals surface area (Å²) in [5, 5.41) is 2.76. The highest BCUT2D eigenvalue weighted by Crippen LogP contribution is 2.19. The Balaban J connectivity index is 2.20. The first-order chi connectivity index (χ1) is 11.5. The second kappa shape index (κ2) is 8.19. The van der Waals surface area contributed by atoms with Gasteiger partial charge in [-0.15, -0.1) is 0 Å². The maximum atomic E-state index is 13.1. The van der Waals surface area contributed by atoms with Crippen molar-refractivity contribution in [2.24, 2.45) is 0 Å². The van der Waals surface area contributed by atoms with E-state index in [4.69, 9.17) is 4.74 Å². The van der Waals surface area contributed by atoms with E-state index in [2.05, 4.69) is 10.3 Å². The van der Waals surface area contributed by atoms with Crippen molar-refractivity contribution in [3.8, 4) is 0 Å². The highest BCUT2D eigenvalue weighted by Gasteiger charge is 2.20. The second-order valence-corrected chi connectivity index (χ2v) is 5.25. The summed E-state index contributed by atoms with van der Waals surface area (Å²) in [6.45, 7) is 3.75. The maximum Gasteiger partial charge on any atom is 0.308 e. The number of amides is 1. The highest BCUT2D eigenvalue weighted by atomic mass is 19.1. The molecule has 0 aliphatic carbocycles. The third-order valence-corrected chi connectivity index (χ3v) is 3.37. The number of esters is 1. The van der Waals surface area contributed by atoms with Crippen molar-refractivity contribution in [3.05, 3.63) is 65.2 Å². The molecular weight excluding hydrogens is 311 g/mol. The molecule has 2 aromatic rings. The molecule has 5 nitrogen and oxygen atoms in total. The van der Waals surface area contributed by atoms with Crippen molar-refractivity contribution in [3.63, 3.8) is 0 Å². The van der Waals surface area contributed by atoms with Crippen LogP contribution >= 0.6 is 0 Å². The van der Waals surface area contributed by atoms with Gasteiger partial charge >= 0.3 is 5.97 Å². The van der Waals surface area contributed by atoms with Crippen LogP contribution in [0.3, 0.4) is 0 Å². The van der Waals surface area contributed by atoms with Gasteiger partial charge in [0, 0.05) is 5.69 Å². The van der Waals surface area contributed by atoms with Gasteiger partial charge in [0.25, 0.3) is 5.91 Å². The second-order valence-electron chi connectivity index (χ2n) is 5.25. The summed E-state index contributed by atoms with van der Waals surface area (Å²) in [7, 11) is 0. The topological polar surface area (TPSA) is 68.3 Å². The van der Waals surface area contributed by atoms with Gasteiger partial charge in [-0.2, -0.15) is 0 Å². The van der Waals surface area contributed by atoms with Gasteiger partial charge in [-0.25, -0.2) is 9.37 Å². The van der Waals surface area contributed by atoms with E-state index in [9.17, 15) is 14.0 Å². The van der Waals surface area contributed by atoms with Crippen molar-refractivity contribution in [1.29, 1.82) is 0 Å². The summed E-state index contributed by atoms with van der Waals surface area (Å²) in [5.41, 5.74) is 1.59. The van der Waals surface area contributed by atoms with Crippen molar-refractivity contribution < 1.29 is 18.7 Å². The largest absolute Gasteiger partial charge is 0.466 e. The van der Waals surface area contributed by atoms with E-state index in [0.717, 1.165) is 0 Å². The van der Waals surface area contributed by atoms with Gasteiger partial charge in [-0.3, -0.25) is 9.59 Å². The van der Waals surface area contributed by atoms with Crippen LogP contribution in [0.15, 0.2) is 42.5 Å². The number of aromatic nitrogens is 1. The molecule has 0 radical (unpaired) electrons. The molecule has 24 heavy (non-hydrogen) atoms. The van der Waals surface area contributed by atoms with E-state index in [0.29, 0.717) is 11.3 Å². The van der Waals surface area contributed by atoms with Gasteiger partial charge in [0.05, 0.1) is 19.1 Å². The van der Waals surface area contributed by atoms with E-state index in [1.54, 1.807) is 32.0 Å². The number of pyridine rings is 1. The Hall–Kier alpha value is -2.76. The van der Waals surface area contributed by atoms with Crippen LogP contribution in [0.25, 0.3) is 0 Å². The fourth-order valence-electron chi connectivity index (χ4n) is 2.24. The SMILES string of the molecule is CCOC(=O)CC(NC(=O)c1cccc(C)n1)c1ccc(F)cc1. The molecule has 6 heteroatoms. The zero-order chi connectivity index (χ0) is 17.5. The molecule has 1 heterocycles. The van der Waals surface area contributed by atoms with Crippen LogP contribution in [0.5, 0.6) is 0 Å². The normalized spacial score (nSPS) is 11.6. The molecule has 0 aliphatic rings. The fourth-order valence-corrected chi connectivity index (χ4v) is 2.24. The first kappa shape index (κ1) is 17.6. The zero-order valence-electron chi connectivity index (χ0n) is 13.6. The van der Waals surface area contributed by atoms with Crippen LogP contribution < -0.4 is 5.32 Å². The Bertz CT molecular complexity index is 716. The molecule has 0 spiro atoms. The van der Waals surface area contributed by atoms with Crippen LogP contribution in [0.1, 0.15) is 41.1 Å². The Kier molecular flexibility index (Phi) is 6.01. The molecular formula is C18H19FN2O3. The highest BCUT2D eigenvalue weighted by molar-refractivity contribution is 5.92. The zero-order valence-corrected chi connectivity index (χ0v) is 13.6. The monoisotopic (exact) mass is 330 g/mol. The van der Waals surface area contributed by atoms with Gasteiger partial charge in [0.1, 0.15) is 11.5 Å². The minimum Gasteiger partial charge on any atom is -0.466 e. The molecule has 2 rings (SSSR count). The van der Waals surface area contributed by atoms with Crippen molar-refractivity contribution in [2.45, 2.75) is 26.3 Å². The average Bonchev–Trinajstić information content (AvgIpc) is 2.55. The lowest BCUT2D eigenvalue weighted by molar-refractivity contribution is -0.143. The lowest BCUT2D eigenvalue weighted by Gasteiger charge is -2.18. The minimum atomic E-state index is -0.625. The predicted octanol–water partition coefficient (Wildman–Crippen LogP) is 2.95. The number of hydrogen-bond acceptors (Lipinski definition) is 4. The Morgan fingerprint density at radius 1 is 1.21 bits per heavy atom. The summed E-state index contributed by atoms with van der Waals surface area (Å²) >= 11 is 0. The molecule has 1 N–H and O–H groups in total. The molecule has 1 atom stereocenters. The van der Waals surface area contributed by atoms with Crippen molar-refractivity contribution in [1.82, 2.24) is 10.3 Å². The average molecular weight is 330 g/mol. The number of rotatable bonds is 6. The van der Waals surface area contributed by atoms with Gasteiger partial charge in [-0.1, -0.05) is 18.2 Å². The molecule has 1 amide bonds. The molecule has 0 saturated carbocycles. The van der Waals surface area contributed by atoms with Gasteiger partial charge in [0.15, 0.2) is 0 Å². The van der Waals surface area contributed by atoms with Crippen LogP contribution in [-0.4, -0.2) is 23.5 Å². The first-order valence-corrected chi connectivity index (χ1v) is 7.65. The Labute approximate surface area is 139 Å². The number of carbonyl (C=O) groups excluding carboxylic acids is 2. The number of aryl methyl sites for hydroxylation is 1. The molecule has 126 valence electrons. The summed E-state index contributed by atoms with van der Waals surface area (Å²) in [6, 6.07) is 10.1. The van der Waals surface area contributed by atoms with E-state index >= 15 is 0 Å². The molecule has 0 aliphatic heterocycles. The Morgan fingerprint density at radius 3 is 2.54 bits per heavy atom. The van der Waals surface area contributed by atoms with Crippen LogP contribution in [0.2, 0.25) is 0 Å². The number of benzene rings is 1. The number of hydrogen-bond donors (Lipinski definition) is 1. The fraction of sp³-hybridized carbons (Fsp3) is 0.278. The quantitative estimate of drug-likeness (QED) is 0.827. The van der Waals surface area contributed by atoms with Crippen LogP contribution in [0, 0.1) is 12.7 Å². The minimum absolute atomic E-state index is 0.0446. The summed E-state index contributed by atoms with van der Waals surface area (Å²) in [4.78, 5) is 28.4. The van der Waals surface area contributed by atoms with Crippen molar-refractivity contribution >= 4 is 11.9 Å². The van der Waals surface area contributed by atoms with Crippen LogP contribution in [-0.2, 0) is 9.53 Å². The number of ether oxygens (including phenoxy) is 1. The number of halogens is 1. The standard InChI is InChI=1S/C18H19FN2O3/c1-3-24-17(22)11-16(13-7-9-14(19)10-8-13)21-18(23)15-6-4-5-12(2)20-15/h4-10,16H,3,11H2,1-2H3,(H,21,23). The summed E-state index contributed by atoms with van der Waals surface area (Å²) in [5.74, 6) is -1.23. The molecule has 0 fully saturated rings. The van der Waals surface area contributed by atoms with Gasteiger partial charge in [-0.05, 0) is 43.7 Å². The Morgan fingerprint density at radius 2 is 1.92 bits per heavy atom. The smallest absolute Gasteiger partial charge is 0.308 e. The van der Waals surface area contributed by atoms with Gasteiger partial charge < -0.3 is 10.1 Å². The molecule has 0 saturated heterocycles. The first-order valence-electron chi connectivity index (χ1n) is 7.65. The number of nitrogens with zero attached hydrogens (tertiary/aromatic N) is 1. The number of carbonyl (C=O) groups is 2. The van der Waals surface area contributed by atoms with Crippen molar-refractivity contribution in [2.75, 3.05) is 6.61 Å².